The zero-order valence-corrected chi connectivity index (χ0v) is 14.4. The highest BCUT2D eigenvalue weighted by Crippen LogP contribution is 2.13. The van der Waals surface area contributed by atoms with E-state index in [9.17, 15) is 9.59 Å². The van der Waals surface area contributed by atoms with Gasteiger partial charge in [-0.25, -0.2) is 4.79 Å². The Hall–Kier alpha value is -2.34. The molecular weight excluding hydrogens is 326 g/mol. The number of hydrogen-bond donors (Lipinski definition) is 1. The minimum atomic E-state index is -0.415. The van der Waals surface area contributed by atoms with E-state index in [1.807, 2.05) is 35.7 Å². The van der Waals surface area contributed by atoms with Gasteiger partial charge in [0.25, 0.3) is 5.91 Å². The van der Waals surface area contributed by atoms with Gasteiger partial charge in [0.2, 0.25) is 0 Å². The normalized spacial score (nSPS) is 10.2. The number of benzene rings is 1. The molecule has 0 spiro atoms. The van der Waals surface area contributed by atoms with E-state index >= 15 is 0 Å². The number of rotatable bonds is 9. The van der Waals surface area contributed by atoms with Crippen LogP contribution in [0.25, 0.3) is 0 Å². The van der Waals surface area contributed by atoms with Gasteiger partial charge in [-0.1, -0.05) is 25.1 Å². The Balaban J connectivity index is 1.57. The van der Waals surface area contributed by atoms with E-state index in [1.54, 1.807) is 6.07 Å². The smallest absolute Gasteiger partial charge is 0.344 e. The molecule has 0 aliphatic carbocycles. The maximum absolute atomic E-state index is 11.7. The molecule has 128 valence electrons. The van der Waals surface area contributed by atoms with Crippen LogP contribution in [0.15, 0.2) is 41.8 Å². The van der Waals surface area contributed by atoms with Gasteiger partial charge >= 0.3 is 5.97 Å². The third kappa shape index (κ3) is 6.04. The van der Waals surface area contributed by atoms with Gasteiger partial charge in [0, 0.05) is 6.54 Å². The third-order valence-corrected chi connectivity index (χ3v) is 4.15. The van der Waals surface area contributed by atoms with Crippen LogP contribution in [-0.2, 0) is 16.0 Å². The summed E-state index contributed by atoms with van der Waals surface area (Å²) in [5.41, 5.74) is 1.15. The number of ether oxygens (including phenoxy) is 2. The lowest BCUT2D eigenvalue weighted by atomic mass is 10.2. The van der Waals surface area contributed by atoms with Gasteiger partial charge in [-0.05, 0) is 42.0 Å². The average molecular weight is 347 g/mol. The van der Waals surface area contributed by atoms with E-state index in [-0.39, 0.29) is 19.1 Å². The van der Waals surface area contributed by atoms with Crippen LogP contribution in [-0.4, -0.2) is 31.6 Å². The van der Waals surface area contributed by atoms with Crippen molar-refractivity contribution in [1.82, 2.24) is 5.32 Å². The number of nitrogens with one attached hydrogen (secondary N) is 1. The van der Waals surface area contributed by atoms with Gasteiger partial charge < -0.3 is 14.8 Å². The fraction of sp³-hybridized carbons (Fsp3) is 0.333. The zero-order chi connectivity index (χ0) is 17.2. The summed E-state index contributed by atoms with van der Waals surface area (Å²) >= 11 is 1.39. The first-order valence-electron chi connectivity index (χ1n) is 7.88. The molecule has 0 radical (unpaired) electrons. The topological polar surface area (TPSA) is 64.6 Å². The molecule has 5 nitrogen and oxygen atoms in total. The molecule has 1 amide bonds. The molecule has 0 aliphatic rings. The minimum Gasteiger partial charge on any atom is -0.482 e. The SMILES string of the molecule is CCc1cccc(OCC(=O)OCCCNC(=O)c2cccs2)c1. The van der Waals surface area contributed by atoms with Gasteiger partial charge in [0.15, 0.2) is 6.61 Å². The second kappa shape index (κ2) is 9.72. The van der Waals surface area contributed by atoms with Crippen LogP contribution in [0.1, 0.15) is 28.6 Å². The molecule has 2 aromatic rings. The summed E-state index contributed by atoms with van der Waals surface area (Å²) in [4.78, 5) is 24.0. The Labute approximate surface area is 145 Å². The number of hydrogen-bond acceptors (Lipinski definition) is 5. The molecule has 0 bridgehead atoms. The first kappa shape index (κ1) is 18.0. The van der Waals surface area contributed by atoms with E-state index in [4.69, 9.17) is 9.47 Å². The fourth-order valence-corrected chi connectivity index (χ4v) is 2.63. The minimum absolute atomic E-state index is 0.101. The molecule has 0 saturated heterocycles. The van der Waals surface area contributed by atoms with Crippen molar-refractivity contribution in [1.29, 1.82) is 0 Å². The summed E-state index contributed by atoms with van der Waals surface area (Å²) in [6.45, 7) is 2.66. The van der Waals surface area contributed by atoms with E-state index in [2.05, 4.69) is 12.2 Å². The van der Waals surface area contributed by atoms with E-state index < -0.39 is 5.97 Å². The molecule has 2 rings (SSSR count). The molecule has 0 aliphatic heterocycles. The maximum Gasteiger partial charge on any atom is 0.344 e. The Morgan fingerprint density at radius 2 is 2.08 bits per heavy atom. The highest BCUT2D eigenvalue weighted by Gasteiger charge is 2.07. The summed E-state index contributed by atoms with van der Waals surface area (Å²) in [5.74, 6) is 0.145. The number of thiophene rings is 1. The lowest BCUT2D eigenvalue weighted by Crippen LogP contribution is -2.25. The zero-order valence-electron chi connectivity index (χ0n) is 13.6. The number of esters is 1. The largest absolute Gasteiger partial charge is 0.482 e. The van der Waals surface area contributed by atoms with Crippen molar-refractivity contribution in [3.05, 3.63) is 52.2 Å². The van der Waals surface area contributed by atoms with E-state index in [0.29, 0.717) is 23.6 Å². The van der Waals surface area contributed by atoms with Crippen LogP contribution in [0, 0.1) is 0 Å². The second-order valence-corrected chi connectivity index (χ2v) is 6.04. The average Bonchev–Trinajstić information content (AvgIpc) is 3.14. The highest BCUT2D eigenvalue weighted by molar-refractivity contribution is 7.12. The molecule has 0 atom stereocenters. The Morgan fingerprint density at radius 3 is 2.83 bits per heavy atom. The van der Waals surface area contributed by atoms with Gasteiger partial charge in [-0.15, -0.1) is 11.3 Å². The second-order valence-electron chi connectivity index (χ2n) is 5.10. The molecule has 1 aromatic carbocycles. The molecule has 0 fully saturated rings. The summed E-state index contributed by atoms with van der Waals surface area (Å²) in [7, 11) is 0. The molecule has 1 heterocycles. The lowest BCUT2D eigenvalue weighted by molar-refractivity contribution is -0.146. The van der Waals surface area contributed by atoms with Crippen molar-refractivity contribution in [2.75, 3.05) is 19.8 Å². The van der Waals surface area contributed by atoms with E-state index in [1.165, 1.54) is 11.3 Å². The molecule has 1 N–H and O–H groups in total. The molecule has 24 heavy (non-hydrogen) atoms. The Kier molecular flexibility index (Phi) is 7.29. The predicted octanol–water partition coefficient (Wildman–Crippen LogP) is 3.05. The van der Waals surface area contributed by atoms with Crippen LogP contribution in [0.4, 0.5) is 0 Å². The van der Waals surface area contributed by atoms with Crippen molar-refractivity contribution in [2.24, 2.45) is 0 Å². The standard InChI is InChI=1S/C18H21NO4S/c1-2-14-6-3-7-15(12-14)23-13-17(20)22-10-5-9-19-18(21)16-8-4-11-24-16/h3-4,6-8,11-12H,2,5,9-10,13H2,1H3,(H,19,21). The van der Waals surface area contributed by atoms with Crippen LogP contribution < -0.4 is 10.1 Å². The maximum atomic E-state index is 11.7. The molecule has 0 unspecified atom stereocenters. The Morgan fingerprint density at radius 1 is 1.21 bits per heavy atom. The number of carbonyl (C=O) groups excluding carboxylic acids is 2. The highest BCUT2D eigenvalue weighted by atomic mass is 32.1. The predicted molar refractivity (Wildman–Crippen MR) is 93.5 cm³/mol. The molecular formula is C18H21NO4S. The number of carbonyl (C=O) groups is 2. The first-order chi connectivity index (χ1) is 11.7. The van der Waals surface area contributed by atoms with Crippen molar-refractivity contribution in [2.45, 2.75) is 19.8 Å². The Bertz CT molecular complexity index is 655. The molecule has 0 saturated carbocycles. The summed E-state index contributed by atoms with van der Waals surface area (Å²) in [5, 5.41) is 4.63. The van der Waals surface area contributed by atoms with Crippen LogP contribution in [0.5, 0.6) is 5.75 Å². The summed E-state index contributed by atoms with van der Waals surface area (Å²) < 4.78 is 10.5. The fourth-order valence-electron chi connectivity index (χ4n) is 1.99. The lowest BCUT2D eigenvalue weighted by Gasteiger charge is -2.08. The van der Waals surface area contributed by atoms with Crippen LogP contribution in [0.2, 0.25) is 0 Å². The monoisotopic (exact) mass is 347 g/mol. The van der Waals surface area contributed by atoms with Crippen LogP contribution >= 0.6 is 11.3 Å². The summed E-state index contributed by atoms with van der Waals surface area (Å²) in [6, 6.07) is 11.2. The summed E-state index contributed by atoms with van der Waals surface area (Å²) in [6.07, 6.45) is 1.48. The van der Waals surface area contributed by atoms with Gasteiger partial charge in [0.05, 0.1) is 11.5 Å². The van der Waals surface area contributed by atoms with Crippen molar-refractivity contribution in [3.8, 4) is 5.75 Å². The first-order valence-corrected chi connectivity index (χ1v) is 8.76. The van der Waals surface area contributed by atoms with Gasteiger partial charge in [0.1, 0.15) is 5.75 Å². The van der Waals surface area contributed by atoms with Crippen LogP contribution in [0.3, 0.4) is 0 Å². The third-order valence-electron chi connectivity index (χ3n) is 3.28. The quantitative estimate of drug-likeness (QED) is 0.559. The number of aryl methyl sites for hydroxylation is 1. The van der Waals surface area contributed by atoms with Gasteiger partial charge in [-0.2, -0.15) is 0 Å². The van der Waals surface area contributed by atoms with E-state index in [0.717, 1.165) is 12.0 Å². The van der Waals surface area contributed by atoms with Gasteiger partial charge in [-0.3, -0.25) is 4.79 Å². The number of amides is 1. The van der Waals surface area contributed by atoms with Crippen molar-refractivity contribution >= 4 is 23.2 Å². The molecule has 1 aromatic heterocycles. The van der Waals surface area contributed by atoms with Crippen molar-refractivity contribution < 1.29 is 19.1 Å². The van der Waals surface area contributed by atoms with Crippen molar-refractivity contribution in [3.63, 3.8) is 0 Å². The molecule has 6 heteroatoms.